The standard InChI is InChI=1S/C9H10ClNO3/c10-8-2-1-7(14-8)5-3-11-4-6(5)9(12)13/h1-2,5-6,11H,3-4H2,(H,12,13). The molecule has 2 heterocycles. The van der Waals surface area contributed by atoms with Crippen LogP contribution in [-0.4, -0.2) is 24.2 Å². The molecule has 0 saturated carbocycles. The van der Waals surface area contributed by atoms with E-state index in [1.165, 1.54) is 0 Å². The fourth-order valence-corrected chi connectivity index (χ4v) is 1.92. The molecule has 1 saturated heterocycles. The Hall–Kier alpha value is -1.00. The Labute approximate surface area is 85.9 Å². The van der Waals surface area contributed by atoms with Crippen LogP contribution in [0.3, 0.4) is 0 Å². The third-order valence-electron chi connectivity index (χ3n) is 2.49. The second-order valence-corrected chi connectivity index (χ2v) is 3.72. The van der Waals surface area contributed by atoms with Gasteiger partial charge >= 0.3 is 5.97 Å². The molecule has 4 nitrogen and oxygen atoms in total. The van der Waals surface area contributed by atoms with Crippen LogP contribution in [0.4, 0.5) is 0 Å². The molecule has 5 heteroatoms. The highest BCUT2D eigenvalue weighted by atomic mass is 35.5. The third-order valence-corrected chi connectivity index (χ3v) is 2.69. The van der Waals surface area contributed by atoms with Crippen molar-refractivity contribution in [2.24, 2.45) is 5.92 Å². The lowest BCUT2D eigenvalue weighted by Gasteiger charge is -2.10. The number of hydrogen-bond acceptors (Lipinski definition) is 3. The first kappa shape index (κ1) is 9.55. The number of hydrogen-bond donors (Lipinski definition) is 2. The van der Waals surface area contributed by atoms with Crippen molar-refractivity contribution in [1.82, 2.24) is 5.32 Å². The van der Waals surface area contributed by atoms with Crippen molar-refractivity contribution in [3.8, 4) is 0 Å². The first-order valence-corrected chi connectivity index (χ1v) is 4.75. The van der Waals surface area contributed by atoms with Crippen molar-refractivity contribution >= 4 is 17.6 Å². The monoisotopic (exact) mass is 215 g/mol. The van der Waals surface area contributed by atoms with Gasteiger partial charge in [0.15, 0.2) is 5.22 Å². The van der Waals surface area contributed by atoms with Gasteiger partial charge in [-0.15, -0.1) is 0 Å². The maximum absolute atomic E-state index is 10.9. The number of nitrogens with one attached hydrogen (secondary N) is 1. The van der Waals surface area contributed by atoms with Crippen LogP contribution < -0.4 is 5.32 Å². The zero-order chi connectivity index (χ0) is 10.1. The summed E-state index contributed by atoms with van der Waals surface area (Å²) in [6.07, 6.45) is 0. The van der Waals surface area contributed by atoms with E-state index in [4.69, 9.17) is 21.1 Å². The Morgan fingerprint density at radius 2 is 2.36 bits per heavy atom. The number of rotatable bonds is 2. The van der Waals surface area contributed by atoms with Gasteiger partial charge in [0, 0.05) is 19.0 Å². The highest BCUT2D eigenvalue weighted by Gasteiger charge is 2.35. The fraction of sp³-hybridized carbons (Fsp3) is 0.444. The molecule has 14 heavy (non-hydrogen) atoms. The summed E-state index contributed by atoms with van der Waals surface area (Å²) in [5.74, 6) is -0.683. The van der Waals surface area contributed by atoms with Gasteiger partial charge in [-0.3, -0.25) is 4.79 Å². The lowest BCUT2D eigenvalue weighted by molar-refractivity contribution is -0.141. The molecular formula is C9H10ClNO3. The SMILES string of the molecule is O=C(O)C1CNCC1c1ccc(Cl)o1. The average Bonchev–Trinajstić information content (AvgIpc) is 2.70. The summed E-state index contributed by atoms with van der Waals surface area (Å²) >= 11 is 5.63. The van der Waals surface area contributed by atoms with E-state index < -0.39 is 11.9 Å². The molecular weight excluding hydrogens is 206 g/mol. The lowest BCUT2D eigenvalue weighted by Crippen LogP contribution is -2.20. The first-order chi connectivity index (χ1) is 6.68. The molecule has 0 aromatic carbocycles. The highest BCUT2D eigenvalue weighted by molar-refractivity contribution is 6.28. The van der Waals surface area contributed by atoms with Crippen molar-refractivity contribution in [2.45, 2.75) is 5.92 Å². The number of aliphatic carboxylic acids is 1. The normalized spacial score (nSPS) is 26.6. The maximum Gasteiger partial charge on any atom is 0.308 e. The van der Waals surface area contributed by atoms with Crippen molar-refractivity contribution in [3.63, 3.8) is 0 Å². The van der Waals surface area contributed by atoms with Crippen LogP contribution in [0.2, 0.25) is 5.22 Å². The van der Waals surface area contributed by atoms with Crippen molar-refractivity contribution < 1.29 is 14.3 Å². The van der Waals surface area contributed by atoms with Gasteiger partial charge in [0.2, 0.25) is 0 Å². The minimum absolute atomic E-state index is 0.111. The van der Waals surface area contributed by atoms with Crippen LogP contribution in [0.25, 0.3) is 0 Å². The molecule has 0 amide bonds. The summed E-state index contributed by atoms with van der Waals surface area (Å²) in [7, 11) is 0. The molecule has 2 N–H and O–H groups in total. The number of carboxylic acids is 1. The van der Waals surface area contributed by atoms with E-state index >= 15 is 0 Å². The van der Waals surface area contributed by atoms with Gasteiger partial charge in [-0.1, -0.05) is 0 Å². The number of carbonyl (C=O) groups is 1. The molecule has 76 valence electrons. The predicted molar refractivity (Wildman–Crippen MR) is 50.5 cm³/mol. The van der Waals surface area contributed by atoms with Gasteiger partial charge in [-0.25, -0.2) is 0 Å². The number of furan rings is 1. The van der Waals surface area contributed by atoms with Crippen LogP contribution in [-0.2, 0) is 4.79 Å². The van der Waals surface area contributed by atoms with Gasteiger partial charge in [-0.2, -0.15) is 0 Å². The molecule has 1 aromatic rings. The number of halogens is 1. The predicted octanol–water partition coefficient (Wildman–Crippen LogP) is 1.32. The number of carboxylic acid groups (broad SMARTS) is 1. The molecule has 0 radical (unpaired) electrons. The Morgan fingerprint density at radius 3 is 2.93 bits per heavy atom. The van der Waals surface area contributed by atoms with Gasteiger partial charge in [0.25, 0.3) is 0 Å². The summed E-state index contributed by atoms with van der Waals surface area (Å²) < 4.78 is 5.21. The summed E-state index contributed by atoms with van der Waals surface area (Å²) in [6, 6.07) is 3.37. The summed E-state index contributed by atoms with van der Waals surface area (Å²) in [5, 5.41) is 12.3. The fourth-order valence-electron chi connectivity index (χ4n) is 1.76. The second-order valence-electron chi connectivity index (χ2n) is 3.35. The van der Waals surface area contributed by atoms with Crippen molar-refractivity contribution in [1.29, 1.82) is 0 Å². The van der Waals surface area contributed by atoms with E-state index in [9.17, 15) is 4.79 Å². The third kappa shape index (κ3) is 1.63. The molecule has 1 aliphatic rings. The van der Waals surface area contributed by atoms with Gasteiger partial charge in [0.05, 0.1) is 5.92 Å². The quantitative estimate of drug-likeness (QED) is 0.781. The zero-order valence-electron chi connectivity index (χ0n) is 7.37. The van der Waals surface area contributed by atoms with E-state index in [0.717, 1.165) is 0 Å². The molecule has 0 spiro atoms. The Balaban J connectivity index is 2.21. The summed E-state index contributed by atoms with van der Waals surface area (Å²) in [5.41, 5.74) is 0. The highest BCUT2D eigenvalue weighted by Crippen LogP contribution is 2.30. The van der Waals surface area contributed by atoms with Crippen LogP contribution in [0, 0.1) is 5.92 Å². The Kier molecular flexibility index (Phi) is 2.48. The van der Waals surface area contributed by atoms with Gasteiger partial charge < -0.3 is 14.8 Å². The minimum atomic E-state index is -0.799. The smallest absolute Gasteiger partial charge is 0.308 e. The lowest BCUT2D eigenvalue weighted by atomic mass is 9.94. The summed E-state index contributed by atoms with van der Waals surface area (Å²) in [4.78, 5) is 10.9. The summed E-state index contributed by atoms with van der Waals surface area (Å²) in [6.45, 7) is 1.11. The van der Waals surface area contributed by atoms with Crippen LogP contribution in [0.1, 0.15) is 11.7 Å². The van der Waals surface area contributed by atoms with E-state index in [2.05, 4.69) is 5.32 Å². The van der Waals surface area contributed by atoms with Crippen molar-refractivity contribution in [2.75, 3.05) is 13.1 Å². The van der Waals surface area contributed by atoms with Gasteiger partial charge in [-0.05, 0) is 23.7 Å². The molecule has 2 rings (SSSR count). The second kappa shape index (κ2) is 3.63. The largest absolute Gasteiger partial charge is 0.481 e. The molecule has 0 bridgehead atoms. The zero-order valence-corrected chi connectivity index (χ0v) is 8.12. The molecule has 2 unspecified atom stereocenters. The molecule has 1 aromatic heterocycles. The van der Waals surface area contributed by atoms with E-state index in [1.54, 1.807) is 12.1 Å². The van der Waals surface area contributed by atoms with E-state index in [-0.39, 0.29) is 5.92 Å². The van der Waals surface area contributed by atoms with Crippen LogP contribution >= 0.6 is 11.6 Å². The maximum atomic E-state index is 10.9. The van der Waals surface area contributed by atoms with Crippen molar-refractivity contribution in [3.05, 3.63) is 23.1 Å². The molecule has 1 aliphatic heterocycles. The van der Waals surface area contributed by atoms with Crippen LogP contribution in [0.5, 0.6) is 0 Å². The minimum Gasteiger partial charge on any atom is -0.481 e. The Bertz CT molecular complexity index is 350. The van der Waals surface area contributed by atoms with E-state index in [1.807, 2.05) is 0 Å². The first-order valence-electron chi connectivity index (χ1n) is 4.37. The Morgan fingerprint density at radius 1 is 1.57 bits per heavy atom. The average molecular weight is 216 g/mol. The molecule has 1 fully saturated rings. The molecule has 2 atom stereocenters. The van der Waals surface area contributed by atoms with Gasteiger partial charge in [0.1, 0.15) is 5.76 Å². The molecule has 0 aliphatic carbocycles. The van der Waals surface area contributed by atoms with E-state index in [0.29, 0.717) is 24.1 Å². The van der Waals surface area contributed by atoms with Crippen LogP contribution in [0.15, 0.2) is 16.5 Å². The topological polar surface area (TPSA) is 62.5 Å².